The van der Waals surface area contributed by atoms with Crippen LogP contribution >= 0.6 is 0 Å². The average Bonchev–Trinajstić information content (AvgIpc) is 2.83. The SMILES string of the molecule is O=CN(c1cccc(C(F)(F)F)c1)C1CCCC1. The monoisotopic (exact) mass is 257 g/mol. The van der Waals surface area contributed by atoms with Gasteiger partial charge in [-0.3, -0.25) is 4.79 Å². The summed E-state index contributed by atoms with van der Waals surface area (Å²) >= 11 is 0. The summed E-state index contributed by atoms with van der Waals surface area (Å²) in [6.45, 7) is 0. The Morgan fingerprint density at radius 3 is 2.44 bits per heavy atom. The number of amides is 1. The Kier molecular flexibility index (Phi) is 3.59. The van der Waals surface area contributed by atoms with Gasteiger partial charge in [0.1, 0.15) is 0 Å². The maximum absolute atomic E-state index is 12.6. The molecular weight excluding hydrogens is 243 g/mol. The number of carbonyl (C=O) groups is 1. The molecule has 0 atom stereocenters. The first-order valence-corrected chi connectivity index (χ1v) is 5.93. The first-order valence-electron chi connectivity index (χ1n) is 5.93. The molecule has 0 saturated heterocycles. The van der Waals surface area contributed by atoms with Crippen molar-refractivity contribution >= 4 is 12.1 Å². The average molecular weight is 257 g/mol. The lowest BCUT2D eigenvalue weighted by molar-refractivity contribution is -0.137. The van der Waals surface area contributed by atoms with Gasteiger partial charge in [-0.25, -0.2) is 0 Å². The number of hydrogen-bond acceptors (Lipinski definition) is 1. The summed E-state index contributed by atoms with van der Waals surface area (Å²) in [7, 11) is 0. The smallest absolute Gasteiger partial charge is 0.312 e. The Labute approximate surface area is 103 Å². The quantitative estimate of drug-likeness (QED) is 0.757. The number of alkyl halides is 3. The van der Waals surface area contributed by atoms with Gasteiger partial charge < -0.3 is 4.90 Å². The van der Waals surface area contributed by atoms with E-state index in [1.54, 1.807) is 6.07 Å². The molecule has 0 unspecified atom stereocenters. The summed E-state index contributed by atoms with van der Waals surface area (Å²) in [6, 6.07) is 4.96. The highest BCUT2D eigenvalue weighted by Crippen LogP contribution is 2.33. The van der Waals surface area contributed by atoms with Gasteiger partial charge in [0.15, 0.2) is 0 Å². The van der Waals surface area contributed by atoms with E-state index in [0.717, 1.165) is 37.8 Å². The van der Waals surface area contributed by atoms with Crippen LogP contribution in [0.3, 0.4) is 0 Å². The third-order valence-corrected chi connectivity index (χ3v) is 3.30. The van der Waals surface area contributed by atoms with E-state index in [4.69, 9.17) is 0 Å². The molecule has 2 rings (SSSR count). The molecule has 1 aromatic carbocycles. The highest BCUT2D eigenvalue weighted by molar-refractivity contribution is 5.76. The normalized spacial score (nSPS) is 16.8. The summed E-state index contributed by atoms with van der Waals surface area (Å²) in [5.41, 5.74) is -0.392. The van der Waals surface area contributed by atoms with Crippen molar-refractivity contribution in [2.45, 2.75) is 37.9 Å². The number of anilines is 1. The summed E-state index contributed by atoms with van der Waals surface area (Å²) in [5, 5.41) is 0. The Morgan fingerprint density at radius 2 is 1.89 bits per heavy atom. The molecule has 0 radical (unpaired) electrons. The number of benzene rings is 1. The number of nitrogens with zero attached hydrogens (tertiary/aromatic N) is 1. The molecule has 98 valence electrons. The van der Waals surface area contributed by atoms with E-state index in [1.165, 1.54) is 11.0 Å². The summed E-state index contributed by atoms with van der Waals surface area (Å²) in [4.78, 5) is 12.5. The van der Waals surface area contributed by atoms with E-state index in [-0.39, 0.29) is 6.04 Å². The number of hydrogen-bond donors (Lipinski definition) is 0. The molecule has 0 aliphatic heterocycles. The number of carbonyl (C=O) groups excluding carboxylic acids is 1. The van der Waals surface area contributed by atoms with Crippen LogP contribution in [-0.4, -0.2) is 12.5 Å². The minimum absolute atomic E-state index is 0.0333. The van der Waals surface area contributed by atoms with Crippen molar-refractivity contribution in [3.63, 3.8) is 0 Å². The molecule has 1 saturated carbocycles. The van der Waals surface area contributed by atoms with E-state index >= 15 is 0 Å². The Morgan fingerprint density at radius 1 is 1.22 bits per heavy atom. The molecule has 5 heteroatoms. The van der Waals surface area contributed by atoms with Gasteiger partial charge in [-0.2, -0.15) is 13.2 Å². The lowest BCUT2D eigenvalue weighted by Crippen LogP contribution is -2.31. The molecule has 1 aliphatic carbocycles. The fourth-order valence-electron chi connectivity index (χ4n) is 2.38. The Hall–Kier alpha value is -1.52. The van der Waals surface area contributed by atoms with Gasteiger partial charge in [-0.15, -0.1) is 0 Å². The molecule has 0 N–H and O–H groups in total. The maximum Gasteiger partial charge on any atom is 0.416 e. The van der Waals surface area contributed by atoms with Gasteiger partial charge >= 0.3 is 6.18 Å². The van der Waals surface area contributed by atoms with Crippen molar-refractivity contribution in [3.05, 3.63) is 29.8 Å². The molecule has 0 aromatic heterocycles. The molecule has 1 aliphatic rings. The van der Waals surface area contributed by atoms with Crippen LogP contribution in [0.5, 0.6) is 0 Å². The molecule has 0 heterocycles. The zero-order valence-electron chi connectivity index (χ0n) is 9.78. The lowest BCUT2D eigenvalue weighted by Gasteiger charge is -2.25. The molecule has 1 amide bonds. The highest BCUT2D eigenvalue weighted by Gasteiger charge is 2.31. The minimum Gasteiger partial charge on any atom is -0.312 e. The van der Waals surface area contributed by atoms with Crippen molar-refractivity contribution < 1.29 is 18.0 Å². The first kappa shape index (κ1) is 12.9. The van der Waals surface area contributed by atoms with Gasteiger partial charge in [-0.05, 0) is 31.0 Å². The molecule has 0 bridgehead atoms. The molecule has 18 heavy (non-hydrogen) atoms. The topological polar surface area (TPSA) is 20.3 Å². The van der Waals surface area contributed by atoms with Gasteiger partial charge in [0.25, 0.3) is 0 Å². The molecule has 1 fully saturated rings. The second kappa shape index (κ2) is 5.00. The zero-order chi connectivity index (χ0) is 13.2. The number of halogens is 3. The Bertz CT molecular complexity index is 424. The second-order valence-corrected chi connectivity index (χ2v) is 4.50. The van der Waals surface area contributed by atoms with E-state index in [1.807, 2.05) is 0 Å². The second-order valence-electron chi connectivity index (χ2n) is 4.50. The first-order chi connectivity index (χ1) is 8.52. The van der Waals surface area contributed by atoms with Crippen LogP contribution < -0.4 is 4.90 Å². The fourth-order valence-corrected chi connectivity index (χ4v) is 2.38. The van der Waals surface area contributed by atoms with Crippen molar-refractivity contribution in [1.29, 1.82) is 0 Å². The van der Waals surface area contributed by atoms with Gasteiger partial charge in [-0.1, -0.05) is 18.9 Å². The van der Waals surface area contributed by atoms with Crippen LogP contribution in [0, 0.1) is 0 Å². The van der Waals surface area contributed by atoms with Crippen LogP contribution in [0.1, 0.15) is 31.2 Å². The molecule has 0 spiro atoms. The van der Waals surface area contributed by atoms with Gasteiger partial charge in [0, 0.05) is 11.7 Å². The summed E-state index contributed by atoms with van der Waals surface area (Å²) < 4.78 is 37.8. The molecular formula is C13H14F3NO. The van der Waals surface area contributed by atoms with E-state index in [9.17, 15) is 18.0 Å². The van der Waals surface area contributed by atoms with E-state index in [2.05, 4.69) is 0 Å². The predicted octanol–water partition coefficient (Wildman–Crippen LogP) is 3.61. The highest BCUT2D eigenvalue weighted by atomic mass is 19.4. The third kappa shape index (κ3) is 2.66. The zero-order valence-corrected chi connectivity index (χ0v) is 9.78. The van der Waals surface area contributed by atoms with E-state index in [0.29, 0.717) is 12.1 Å². The third-order valence-electron chi connectivity index (χ3n) is 3.30. The van der Waals surface area contributed by atoms with Gasteiger partial charge in [0.2, 0.25) is 6.41 Å². The van der Waals surface area contributed by atoms with Crippen molar-refractivity contribution in [1.82, 2.24) is 0 Å². The fraction of sp³-hybridized carbons (Fsp3) is 0.462. The van der Waals surface area contributed by atoms with Crippen LogP contribution in [0.25, 0.3) is 0 Å². The lowest BCUT2D eigenvalue weighted by atomic mass is 10.1. The summed E-state index contributed by atoms with van der Waals surface area (Å²) in [5.74, 6) is 0. The van der Waals surface area contributed by atoms with Crippen molar-refractivity contribution in [2.75, 3.05) is 4.90 Å². The van der Waals surface area contributed by atoms with Crippen LogP contribution in [-0.2, 0) is 11.0 Å². The van der Waals surface area contributed by atoms with Crippen LogP contribution in [0.2, 0.25) is 0 Å². The van der Waals surface area contributed by atoms with E-state index < -0.39 is 11.7 Å². The van der Waals surface area contributed by atoms with Crippen molar-refractivity contribution in [2.24, 2.45) is 0 Å². The maximum atomic E-state index is 12.6. The Balaban J connectivity index is 2.28. The largest absolute Gasteiger partial charge is 0.416 e. The molecule has 2 nitrogen and oxygen atoms in total. The standard InChI is InChI=1S/C13H14F3NO/c14-13(15,16)10-4-3-7-12(8-10)17(9-18)11-5-1-2-6-11/h3-4,7-9,11H,1-2,5-6H2. The summed E-state index contributed by atoms with van der Waals surface area (Å²) in [6.07, 6.45) is 0.0115. The van der Waals surface area contributed by atoms with Crippen molar-refractivity contribution in [3.8, 4) is 0 Å². The predicted molar refractivity (Wildman–Crippen MR) is 62.2 cm³/mol. The van der Waals surface area contributed by atoms with Gasteiger partial charge in [0.05, 0.1) is 5.56 Å². The number of rotatable bonds is 3. The molecule has 1 aromatic rings. The van der Waals surface area contributed by atoms with Crippen LogP contribution in [0.15, 0.2) is 24.3 Å². The van der Waals surface area contributed by atoms with Crippen LogP contribution in [0.4, 0.5) is 18.9 Å². The minimum atomic E-state index is -4.37.